The van der Waals surface area contributed by atoms with Gasteiger partial charge in [0.1, 0.15) is 5.69 Å². The third-order valence-corrected chi connectivity index (χ3v) is 3.84. The minimum absolute atomic E-state index is 0.0790. The number of carbonyl (C=O) groups excluding carboxylic acids is 1. The molecule has 0 bridgehead atoms. The van der Waals surface area contributed by atoms with Crippen LogP contribution in [0.25, 0.3) is 0 Å². The molecule has 1 amide bonds. The second-order valence-electron chi connectivity index (χ2n) is 4.93. The van der Waals surface area contributed by atoms with Crippen LogP contribution in [0.5, 0.6) is 0 Å². The number of rotatable bonds is 1. The van der Waals surface area contributed by atoms with Crippen LogP contribution in [-0.4, -0.2) is 46.7 Å². The summed E-state index contributed by atoms with van der Waals surface area (Å²) >= 11 is 0. The van der Waals surface area contributed by atoms with Crippen LogP contribution in [0.1, 0.15) is 23.3 Å². The van der Waals surface area contributed by atoms with Crippen molar-refractivity contribution in [3.8, 4) is 0 Å². The van der Waals surface area contributed by atoms with Crippen LogP contribution in [0.15, 0.2) is 16.9 Å². The fraction of sp³-hybridized carbons (Fsp3) is 0.583. The maximum atomic E-state index is 12.4. The second kappa shape index (κ2) is 4.53. The van der Waals surface area contributed by atoms with Crippen LogP contribution < -0.4 is 10.9 Å². The average molecular weight is 248 g/mol. The maximum absolute atomic E-state index is 12.4. The van der Waals surface area contributed by atoms with Gasteiger partial charge in [-0.1, -0.05) is 0 Å². The van der Waals surface area contributed by atoms with Crippen molar-refractivity contribution < 1.29 is 4.79 Å². The minimum atomic E-state index is -0.286. The summed E-state index contributed by atoms with van der Waals surface area (Å²) in [5.74, 6) is 0.482. The van der Waals surface area contributed by atoms with Crippen molar-refractivity contribution in [3.05, 3.63) is 28.2 Å². The van der Waals surface area contributed by atoms with E-state index in [2.05, 4.69) is 15.5 Å². The summed E-state index contributed by atoms with van der Waals surface area (Å²) in [6.45, 7) is 2.63. The molecule has 2 atom stereocenters. The predicted octanol–water partition coefficient (Wildman–Crippen LogP) is -0.406. The molecule has 6 heteroatoms. The van der Waals surface area contributed by atoms with Crippen molar-refractivity contribution in [2.45, 2.75) is 18.9 Å². The molecule has 18 heavy (non-hydrogen) atoms. The summed E-state index contributed by atoms with van der Waals surface area (Å²) in [6, 6.07) is 3.11. The van der Waals surface area contributed by atoms with E-state index in [1.807, 2.05) is 4.90 Å². The topological polar surface area (TPSA) is 78.1 Å². The Bertz CT molecular complexity index is 493. The number of likely N-dealkylation sites (tertiary alicyclic amines) is 1. The molecule has 3 heterocycles. The van der Waals surface area contributed by atoms with E-state index in [-0.39, 0.29) is 17.5 Å². The molecule has 2 unspecified atom stereocenters. The standard InChI is InChI=1S/C12H16N4O2/c17-11-4-3-9(14-15-11)12(18)16-5-1-2-8-6-13-7-10(8)16/h3-4,8,10,13H,1-2,5-7H2,(H,15,17). The largest absolute Gasteiger partial charge is 0.333 e. The Morgan fingerprint density at radius 3 is 3.06 bits per heavy atom. The SMILES string of the molecule is O=C(c1ccc(=O)[nH]n1)N1CCCC2CNCC21. The molecule has 2 saturated heterocycles. The summed E-state index contributed by atoms with van der Waals surface area (Å²) in [5, 5.41) is 9.47. The van der Waals surface area contributed by atoms with E-state index in [4.69, 9.17) is 0 Å². The molecule has 96 valence electrons. The lowest BCUT2D eigenvalue weighted by atomic mass is 9.92. The highest BCUT2D eigenvalue weighted by Gasteiger charge is 2.37. The number of nitrogens with one attached hydrogen (secondary N) is 2. The summed E-state index contributed by atoms with van der Waals surface area (Å²) < 4.78 is 0. The second-order valence-corrected chi connectivity index (χ2v) is 4.93. The first kappa shape index (κ1) is 11.4. The van der Waals surface area contributed by atoms with Gasteiger partial charge < -0.3 is 10.2 Å². The summed E-state index contributed by atoms with van der Waals surface area (Å²) in [4.78, 5) is 25.2. The van der Waals surface area contributed by atoms with Gasteiger partial charge in [0.2, 0.25) is 0 Å². The summed E-state index contributed by atoms with van der Waals surface area (Å²) in [6.07, 6.45) is 2.22. The molecule has 0 saturated carbocycles. The fourth-order valence-electron chi connectivity index (χ4n) is 2.93. The predicted molar refractivity (Wildman–Crippen MR) is 65.3 cm³/mol. The van der Waals surface area contributed by atoms with E-state index < -0.39 is 0 Å². The molecule has 2 aliphatic rings. The van der Waals surface area contributed by atoms with Gasteiger partial charge in [-0.3, -0.25) is 9.59 Å². The Kier molecular flexibility index (Phi) is 2.87. The quantitative estimate of drug-likeness (QED) is 0.708. The van der Waals surface area contributed by atoms with Crippen molar-refractivity contribution >= 4 is 5.91 Å². The van der Waals surface area contributed by atoms with Gasteiger partial charge in [0.05, 0.1) is 0 Å². The number of aromatic nitrogens is 2. The van der Waals surface area contributed by atoms with Crippen LogP contribution in [0.2, 0.25) is 0 Å². The molecule has 6 nitrogen and oxygen atoms in total. The smallest absolute Gasteiger partial charge is 0.274 e. The van der Waals surface area contributed by atoms with Crippen molar-refractivity contribution in [2.75, 3.05) is 19.6 Å². The molecule has 1 aromatic heterocycles. The molecule has 2 N–H and O–H groups in total. The number of amides is 1. The zero-order chi connectivity index (χ0) is 12.5. The first-order chi connectivity index (χ1) is 8.75. The van der Waals surface area contributed by atoms with E-state index in [0.717, 1.165) is 26.1 Å². The number of fused-ring (bicyclic) bond motifs is 1. The molecule has 0 spiro atoms. The third-order valence-electron chi connectivity index (χ3n) is 3.84. The van der Waals surface area contributed by atoms with Crippen molar-refractivity contribution in [1.82, 2.24) is 20.4 Å². The molecule has 1 aromatic rings. The van der Waals surface area contributed by atoms with Crippen LogP contribution in [-0.2, 0) is 0 Å². The number of H-pyrrole nitrogens is 1. The van der Waals surface area contributed by atoms with E-state index >= 15 is 0 Å². The number of piperidine rings is 1. The molecule has 2 fully saturated rings. The first-order valence-corrected chi connectivity index (χ1v) is 6.33. The molecule has 2 aliphatic heterocycles. The summed E-state index contributed by atoms with van der Waals surface area (Å²) in [5.41, 5.74) is 0.0350. The lowest BCUT2D eigenvalue weighted by Gasteiger charge is -2.36. The lowest BCUT2D eigenvalue weighted by molar-refractivity contribution is 0.0567. The van der Waals surface area contributed by atoms with Gasteiger partial charge in [-0.25, -0.2) is 5.10 Å². The average Bonchev–Trinajstić information content (AvgIpc) is 2.87. The first-order valence-electron chi connectivity index (χ1n) is 6.33. The van der Waals surface area contributed by atoms with Crippen molar-refractivity contribution in [1.29, 1.82) is 0 Å². The highest BCUT2D eigenvalue weighted by atomic mass is 16.2. The van der Waals surface area contributed by atoms with Gasteiger partial charge in [-0.2, -0.15) is 5.10 Å². The zero-order valence-corrected chi connectivity index (χ0v) is 10.1. The van der Waals surface area contributed by atoms with E-state index in [9.17, 15) is 9.59 Å². The highest BCUT2D eigenvalue weighted by molar-refractivity contribution is 5.92. The molecular formula is C12H16N4O2. The number of aromatic amines is 1. The van der Waals surface area contributed by atoms with E-state index in [0.29, 0.717) is 11.6 Å². The van der Waals surface area contributed by atoms with Gasteiger partial charge in [-0.05, 0) is 24.8 Å². The molecule has 3 rings (SSSR count). The monoisotopic (exact) mass is 248 g/mol. The normalized spacial score (nSPS) is 27.0. The van der Waals surface area contributed by atoms with Gasteiger partial charge in [-0.15, -0.1) is 0 Å². The number of hydrogen-bond acceptors (Lipinski definition) is 4. The lowest BCUT2D eigenvalue weighted by Crippen LogP contribution is -2.48. The Balaban J connectivity index is 1.83. The molecule has 0 radical (unpaired) electrons. The van der Waals surface area contributed by atoms with Crippen LogP contribution >= 0.6 is 0 Å². The number of nitrogens with zero attached hydrogens (tertiary/aromatic N) is 2. The Morgan fingerprint density at radius 2 is 2.28 bits per heavy atom. The maximum Gasteiger partial charge on any atom is 0.274 e. The van der Waals surface area contributed by atoms with E-state index in [1.165, 1.54) is 18.6 Å². The Labute approximate surface area is 104 Å². The Morgan fingerprint density at radius 1 is 1.39 bits per heavy atom. The third kappa shape index (κ3) is 1.92. The zero-order valence-electron chi connectivity index (χ0n) is 10.1. The number of hydrogen-bond donors (Lipinski definition) is 2. The minimum Gasteiger partial charge on any atom is -0.333 e. The summed E-state index contributed by atoms with van der Waals surface area (Å²) in [7, 11) is 0. The molecular weight excluding hydrogens is 232 g/mol. The Hall–Kier alpha value is -1.69. The van der Waals surface area contributed by atoms with Crippen molar-refractivity contribution in [2.24, 2.45) is 5.92 Å². The van der Waals surface area contributed by atoms with Gasteiger partial charge in [0.15, 0.2) is 0 Å². The number of carbonyl (C=O) groups is 1. The van der Waals surface area contributed by atoms with Gasteiger partial charge in [0.25, 0.3) is 11.5 Å². The van der Waals surface area contributed by atoms with Crippen LogP contribution in [0.4, 0.5) is 0 Å². The van der Waals surface area contributed by atoms with Crippen LogP contribution in [0.3, 0.4) is 0 Å². The van der Waals surface area contributed by atoms with Crippen LogP contribution in [0, 0.1) is 5.92 Å². The van der Waals surface area contributed by atoms with Gasteiger partial charge in [0, 0.05) is 31.7 Å². The molecule has 0 aliphatic carbocycles. The fourth-order valence-corrected chi connectivity index (χ4v) is 2.93. The van der Waals surface area contributed by atoms with E-state index in [1.54, 1.807) is 0 Å². The highest BCUT2D eigenvalue weighted by Crippen LogP contribution is 2.27. The molecule has 0 aromatic carbocycles. The van der Waals surface area contributed by atoms with Gasteiger partial charge >= 0.3 is 0 Å². The van der Waals surface area contributed by atoms with Crippen molar-refractivity contribution in [3.63, 3.8) is 0 Å².